The first-order valence-electron chi connectivity index (χ1n) is 7.73. The van der Waals surface area contributed by atoms with Gasteiger partial charge in [0.05, 0.1) is 13.2 Å². The number of likely N-dealkylation sites (N-methyl/N-ethyl adjacent to an activating group) is 2. The molecule has 0 aliphatic rings. The summed E-state index contributed by atoms with van der Waals surface area (Å²) in [6.07, 6.45) is 1.41. The number of carbonyl (C=O) groups is 2. The van der Waals surface area contributed by atoms with Crippen LogP contribution in [0.1, 0.15) is 7.43 Å². The van der Waals surface area contributed by atoms with E-state index in [4.69, 9.17) is 90.6 Å². The number of ether oxygens (including phenoxy) is 3. The number of rotatable bonds is 9. The predicted octanol–water partition coefficient (Wildman–Crippen LogP) is 4.09. The van der Waals surface area contributed by atoms with Crippen LogP contribution < -0.4 is 0 Å². The molecular weight excluding hydrogens is 656 g/mol. The van der Waals surface area contributed by atoms with Gasteiger partial charge in [0, 0.05) is 44.8 Å². The largest absolute Gasteiger partial charge is 0.515 e. The Morgan fingerprint density at radius 1 is 0.853 bits per heavy atom. The monoisotopic (exact) mass is 678 g/mol. The van der Waals surface area contributed by atoms with E-state index in [0.29, 0.717) is 13.1 Å². The minimum Gasteiger partial charge on any atom is -0.452 e. The number of hydrogen-bond acceptors (Lipinski definition) is 12. The van der Waals surface area contributed by atoms with Gasteiger partial charge in [-0.25, -0.2) is 18.0 Å². The molecule has 0 fully saturated rings. The Balaban J connectivity index is -0.000000198. The summed E-state index contributed by atoms with van der Waals surface area (Å²) in [5, 5.41) is 11.0. The highest BCUT2D eigenvalue weighted by atomic mass is 35.6. The van der Waals surface area contributed by atoms with Crippen molar-refractivity contribution >= 4 is 115 Å². The summed E-state index contributed by atoms with van der Waals surface area (Å²) in [5.41, 5.74) is -0.860. The molecule has 0 saturated carbocycles. The Morgan fingerprint density at radius 3 is 1.47 bits per heavy atom. The molecule has 0 amide bonds. The maximum absolute atomic E-state index is 10.5. The lowest BCUT2D eigenvalue weighted by Gasteiger charge is -2.15. The molecule has 0 saturated heterocycles. The van der Waals surface area contributed by atoms with E-state index in [9.17, 15) is 18.0 Å². The van der Waals surface area contributed by atoms with Gasteiger partial charge in [0.1, 0.15) is 6.61 Å². The van der Waals surface area contributed by atoms with Gasteiger partial charge in [0.25, 0.3) is 0 Å². The fraction of sp³-hybridized carbons (Fsp3) is 0.846. The lowest BCUT2D eigenvalue weighted by Crippen LogP contribution is -2.24. The number of nitrogens with zero attached hydrogens (tertiary/aromatic N) is 2. The number of aliphatic hydroxyl groups is 1. The van der Waals surface area contributed by atoms with E-state index in [0.717, 1.165) is 0 Å². The summed E-state index contributed by atoms with van der Waals surface area (Å²) in [7, 11) is 3.18. The highest BCUT2D eigenvalue weighted by molar-refractivity contribution is 7.79. The van der Waals surface area contributed by atoms with Crippen molar-refractivity contribution < 1.29 is 45.9 Å². The van der Waals surface area contributed by atoms with Gasteiger partial charge in [0.2, 0.25) is 0 Å². The number of alkyl halides is 6. The quantitative estimate of drug-likeness (QED) is 0.162. The molecule has 0 heterocycles. The average Bonchev–Trinajstić information content (AvgIpc) is 2.50. The maximum atomic E-state index is 10.5. The van der Waals surface area contributed by atoms with Crippen molar-refractivity contribution in [2.75, 3.05) is 52.9 Å². The molecule has 0 aromatic rings. The third-order valence-electron chi connectivity index (χ3n) is 1.90. The van der Waals surface area contributed by atoms with Gasteiger partial charge in [-0.15, -0.1) is 0 Å². The molecule has 2 atom stereocenters. The second-order valence-corrected chi connectivity index (χ2v) is 11.4. The smallest absolute Gasteiger partial charge is 0.452 e. The molecule has 2 unspecified atom stereocenters. The van der Waals surface area contributed by atoms with Crippen LogP contribution in [0.25, 0.3) is 0 Å². The SMILES string of the molecule is C.CN(CCO)OS(C)=O.CN(CCOC(=O)Cl)OS(C)=O.O=C(OC(Cl)(Cl)Cl)OC(Cl)(Cl)Cl. The highest BCUT2D eigenvalue weighted by Gasteiger charge is 2.32. The van der Waals surface area contributed by atoms with Gasteiger partial charge in [-0.3, -0.25) is 0 Å². The van der Waals surface area contributed by atoms with E-state index in [-0.39, 0.29) is 20.6 Å². The Bertz CT molecular complexity index is 594. The summed E-state index contributed by atoms with van der Waals surface area (Å²) >= 11 is 32.5. The van der Waals surface area contributed by atoms with Crippen LogP contribution in [0.4, 0.5) is 9.59 Å². The van der Waals surface area contributed by atoms with Crippen LogP contribution in [-0.4, -0.2) is 96.1 Å². The number of carbonyl (C=O) groups excluding carboxylic acids is 2. The van der Waals surface area contributed by atoms with E-state index in [1.165, 1.54) is 22.6 Å². The zero-order valence-corrected chi connectivity index (χ0v) is 24.2. The van der Waals surface area contributed by atoms with Crippen LogP contribution in [0.15, 0.2) is 0 Å². The van der Waals surface area contributed by atoms with E-state index in [1.54, 1.807) is 14.1 Å². The summed E-state index contributed by atoms with van der Waals surface area (Å²) in [6.45, 7) is 0.807. The Kier molecular flexibility index (Phi) is 28.4. The van der Waals surface area contributed by atoms with Crippen LogP contribution in [0.3, 0.4) is 0 Å². The van der Waals surface area contributed by atoms with Gasteiger partial charge in [-0.1, -0.05) is 7.43 Å². The Labute approximate surface area is 238 Å². The maximum Gasteiger partial charge on any atom is 0.515 e. The lowest BCUT2D eigenvalue weighted by atomic mass is 10.7. The van der Waals surface area contributed by atoms with Gasteiger partial charge >= 0.3 is 19.5 Å². The molecule has 34 heavy (non-hydrogen) atoms. The third kappa shape index (κ3) is 43.0. The van der Waals surface area contributed by atoms with E-state index in [2.05, 4.69) is 18.5 Å². The van der Waals surface area contributed by atoms with Gasteiger partial charge in [0.15, 0.2) is 22.2 Å². The van der Waals surface area contributed by atoms with Crippen molar-refractivity contribution in [1.29, 1.82) is 0 Å². The minimum atomic E-state index is -2.24. The number of aliphatic hydroxyl groups excluding tert-OH is 1. The Hall–Kier alpha value is 0.870. The zero-order valence-electron chi connectivity index (χ0n) is 17.3. The standard InChI is InChI=1S/C5H10ClNO4S.C4H11NO3S.C3Cl6O3.CH4/c1-7(11-12(2)9)3-4-10-5(6)8;1-5(3-4-6)8-9(2)7;4-2(5,6)11-1(10)12-3(7,8)9;/h3-4H2,1-2H3;6H,3-4H2,1-2H3;;1H4. The van der Waals surface area contributed by atoms with Crippen molar-refractivity contribution in [3.63, 3.8) is 0 Å². The molecule has 0 aromatic carbocycles. The average molecular weight is 682 g/mol. The molecule has 0 bridgehead atoms. The summed E-state index contributed by atoms with van der Waals surface area (Å²) < 4.78 is 38.0. The van der Waals surface area contributed by atoms with Crippen molar-refractivity contribution in [2.45, 2.75) is 15.4 Å². The van der Waals surface area contributed by atoms with Crippen LogP contribution in [0.2, 0.25) is 0 Å². The molecule has 0 rings (SSSR count). The topological polar surface area (TPSA) is 141 Å². The van der Waals surface area contributed by atoms with E-state index < -0.39 is 41.7 Å². The molecule has 208 valence electrons. The van der Waals surface area contributed by atoms with Gasteiger partial charge < -0.3 is 19.3 Å². The first kappa shape index (κ1) is 42.0. The van der Waals surface area contributed by atoms with Crippen LogP contribution in [0.5, 0.6) is 0 Å². The fourth-order valence-corrected chi connectivity index (χ4v) is 2.36. The predicted molar refractivity (Wildman–Crippen MR) is 135 cm³/mol. The zero-order chi connectivity index (χ0) is 26.8. The number of hydroxylamine groups is 4. The summed E-state index contributed by atoms with van der Waals surface area (Å²) in [4.78, 5) is 20.6. The molecule has 0 spiro atoms. The minimum absolute atomic E-state index is 0. The van der Waals surface area contributed by atoms with Gasteiger partial charge in [-0.2, -0.15) is 18.7 Å². The molecule has 0 radical (unpaired) electrons. The Morgan fingerprint density at radius 2 is 1.21 bits per heavy atom. The van der Waals surface area contributed by atoms with E-state index >= 15 is 0 Å². The molecule has 21 heteroatoms. The lowest BCUT2D eigenvalue weighted by molar-refractivity contribution is -0.0278. The number of hydrogen-bond donors (Lipinski definition) is 1. The third-order valence-corrected chi connectivity index (χ3v) is 3.40. The second-order valence-electron chi connectivity index (χ2n) is 4.81. The van der Waals surface area contributed by atoms with Crippen molar-refractivity contribution in [1.82, 2.24) is 10.1 Å². The molecular formula is C13H25Cl7N2O10S2. The summed E-state index contributed by atoms with van der Waals surface area (Å²) in [6, 6.07) is 0. The van der Waals surface area contributed by atoms with Crippen LogP contribution in [-0.2, 0) is 44.9 Å². The normalized spacial score (nSPS) is 12.8. The molecule has 1 N–H and O–H groups in total. The summed E-state index contributed by atoms with van der Waals surface area (Å²) in [5.74, 6) is 0. The van der Waals surface area contributed by atoms with Crippen molar-refractivity contribution in [2.24, 2.45) is 0 Å². The molecule has 12 nitrogen and oxygen atoms in total. The number of halogens is 7. The second kappa shape index (κ2) is 23.0. The van der Waals surface area contributed by atoms with Gasteiger partial charge in [-0.05, 0) is 69.6 Å². The van der Waals surface area contributed by atoms with E-state index in [1.807, 2.05) is 0 Å². The first-order valence-corrected chi connectivity index (χ1v) is 13.3. The fourth-order valence-electron chi connectivity index (χ4n) is 1.04. The van der Waals surface area contributed by atoms with Crippen LogP contribution in [0, 0.1) is 0 Å². The van der Waals surface area contributed by atoms with Crippen molar-refractivity contribution in [3.05, 3.63) is 0 Å². The molecule has 0 aliphatic heterocycles. The van der Waals surface area contributed by atoms with Crippen molar-refractivity contribution in [3.8, 4) is 0 Å². The molecule has 0 aromatic heterocycles. The highest BCUT2D eigenvalue weighted by Crippen LogP contribution is 2.32. The van der Waals surface area contributed by atoms with Crippen LogP contribution >= 0.6 is 81.2 Å². The first-order chi connectivity index (χ1) is 14.8. The molecule has 0 aliphatic carbocycles.